The normalized spacial score (nSPS) is 19.0. The van der Waals surface area contributed by atoms with Gasteiger partial charge in [0.15, 0.2) is 0 Å². The molecule has 2 heterocycles. The van der Waals surface area contributed by atoms with Gasteiger partial charge >= 0.3 is 0 Å². The van der Waals surface area contributed by atoms with E-state index in [0.29, 0.717) is 17.6 Å². The minimum Gasteiger partial charge on any atom is -0.363 e. The van der Waals surface area contributed by atoms with Gasteiger partial charge in [0.1, 0.15) is 5.82 Å². The van der Waals surface area contributed by atoms with Crippen molar-refractivity contribution in [3.05, 3.63) is 54.4 Å². The first-order valence-electron chi connectivity index (χ1n) is 10.0. The van der Waals surface area contributed by atoms with E-state index in [9.17, 15) is 4.79 Å². The minimum atomic E-state index is -0.0540. The lowest BCUT2D eigenvalue weighted by Crippen LogP contribution is -2.40. The van der Waals surface area contributed by atoms with E-state index in [-0.39, 0.29) is 11.9 Å². The van der Waals surface area contributed by atoms with Crippen molar-refractivity contribution in [1.82, 2.24) is 20.3 Å². The summed E-state index contributed by atoms with van der Waals surface area (Å²) in [6.07, 6.45) is 7.22. The van der Waals surface area contributed by atoms with Crippen molar-refractivity contribution in [2.45, 2.75) is 37.8 Å². The summed E-state index contributed by atoms with van der Waals surface area (Å²) in [5, 5.41) is 7.57. The largest absolute Gasteiger partial charge is 0.363 e. The van der Waals surface area contributed by atoms with Crippen LogP contribution in [0, 0.1) is 0 Å². The Hall–Kier alpha value is -3.22. The summed E-state index contributed by atoms with van der Waals surface area (Å²) in [6, 6.07) is 12.1. The van der Waals surface area contributed by atoms with Gasteiger partial charge in [-0.05, 0) is 43.9 Å². The summed E-state index contributed by atoms with van der Waals surface area (Å²) in [6.45, 7) is 0. The van der Waals surface area contributed by atoms with Crippen LogP contribution in [0.25, 0.3) is 10.9 Å². The average molecular weight is 390 g/mol. The lowest BCUT2D eigenvalue weighted by atomic mass is 9.91. The standard InChI is InChI=1S/C22H26N6O/c1-28(2)20-11-12-23-22(27-20)26-18-9-7-17(8-10-18)25-21(29)16-13-15-5-3-4-6-19(15)24-14-16/h3-6,11-14,17-18H,7-10H2,1-2H3,(H,25,29)(H,23,26,27). The van der Waals surface area contributed by atoms with Crippen molar-refractivity contribution in [3.63, 3.8) is 0 Å². The minimum absolute atomic E-state index is 0.0540. The molecule has 7 nitrogen and oxygen atoms in total. The Morgan fingerprint density at radius 2 is 1.79 bits per heavy atom. The second-order valence-corrected chi connectivity index (χ2v) is 7.72. The van der Waals surface area contributed by atoms with Gasteiger partial charge in [-0.25, -0.2) is 4.98 Å². The molecule has 0 bridgehead atoms. The Balaban J connectivity index is 1.31. The Bertz CT molecular complexity index is 997. The number of fused-ring (bicyclic) bond motifs is 1. The Morgan fingerprint density at radius 1 is 1.03 bits per heavy atom. The molecule has 1 aliphatic carbocycles. The Labute approximate surface area is 170 Å². The quantitative estimate of drug-likeness (QED) is 0.696. The highest BCUT2D eigenvalue weighted by atomic mass is 16.1. The second kappa shape index (κ2) is 8.43. The van der Waals surface area contributed by atoms with Gasteiger partial charge in [-0.2, -0.15) is 4.98 Å². The van der Waals surface area contributed by atoms with Gasteiger partial charge in [0.2, 0.25) is 5.95 Å². The fourth-order valence-corrected chi connectivity index (χ4v) is 3.70. The number of nitrogens with zero attached hydrogens (tertiary/aromatic N) is 4. The molecule has 1 amide bonds. The fraction of sp³-hybridized carbons (Fsp3) is 0.364. The highest BCUT2D eigenvalue weighted by molar-refractivity contribution is 5.97. The zero-order valence-corrected chi connectivity index (χ0v) is 16.8. The van der Waals surface area contributed by atoms with Crippen LogP contribution in [-0.2, 0) is 0 Å². The lowest BCUT2D eigenvalue weighted by molar-refractivity contribution is 0.0926. The molecule has 1 saturated carbocycles. The number of aromatic nitrogens is 3. The van der Waals surface area contributed by atoms with Crippen LogP contribution in [0.4, 0.5) is 11.8 Å². The van der Waals surface area contributed by atoms with Crippen LogP contribution < -0.4 is 15.5 Å². The number of amides is 1. The topological polar surface area (TPSA) is 83.0 Å². The van der Waals surface area contributed by atoms with Crippen LogP contribution in [0.5, 0.6) is 0 Å². The van der Waals surface area contributed by atoms with Crippen LogP contribution in [0.1, 0.15) is 36.0 Å². The van der Waals surface area contributed by atoms with Gasteiger partial charge in [-0.1, -0.05) is 18.2 Å². The first-order valence-corrected chi connectivity index (χ1v) is 10.0. The number of pyridine rings is 1. The van der Waals surface area contributed by atoms with Gasteiger partial charge in [-0.15, -0.1) is 0 Å². The van der Waals surface area contributed by atoms with Gasteiger partial charge in [-0.3, -0.25) is 9.78 Å². The van der Waals surface area contributed by atoms with E-state index >= 15 is 0 Å². The molecule has 150 valence electrons. The molecule has 1 aliphatic rings. The van der Waals surface area contributed by atoms with Crippen LogP contribution in [0.15, 0.2) is 48.8 Å². The van der Waals surface area contributed by atoms with E-state index in [2.05, 4.69) is 25.6 Å². The van der Waals surface area contributed by atoms with E-state index in [1.165, 1.54) is 0 Å². The molecule has 1 aromatic carbocycles. The van der Waals surface area contributed by atoms with Crippen molar-refractivity contribution in [3.8, 4) is 0 Å². The molecule has 0 saturated heterocycles. The molecular weight excluding hydrogens is 364 g/mol. The SMILES string of the molecule is CN(C)c1ccnc(NC2CCC(NC(=O)c3cnc4ccccc4c3)CC2)n1. The van der Waals surface area contributed by atoms with Gasteiger partial charge in [0.25, 0.3) is 5.91 Å². The Morgan fingerprint density at radius 3 is 2.59 bits per heavy atom. The van der Waals surface area contributed by atoms with Crippen LogP contribution in [-0.4, -0.2) is 47.0 Å². The van der Waals surface area contributed by atoms with E-state index < -0.39 is 0 Å². The zero-order valence-electron chi connectivity index (χ0n) is 16.8. The number of hydrogen-bond donors (Lipinski definition) is 2. The molecule has 4 rings (SSSR count). The van der Waals surface area contributed by atoms with E-state index in [1.807, 2.05) is 55.4 Å². The third-order valence-electron chi connectivity index (χ3n) is 5.35. The number of carbonyl (C=O) groups excluding carboxylic acids is 1. The number of carbonyl (C=O) groups is 1. The summed E-state index contributed by atoms with van der Waals surface area (Å²) in [5.74, 6) is 1.49. The van der Waals surface area contributed by atoms with E-state index in [4.69, 9.17) is 0 Å². The van der Waals surface area contributed by atoms with Crippen molar-refractivity contribution in [2.75, 3.05) is 24.3 Å². The maximum Gasteiger partial charge on any atom is 0.253 e. The van der Waals surface area contributed by atoms with Crippen LogP contribution in [0.3, 0.4) is 0 Å². The molecule has 0 radical (unpaired) electrons. The predicted octanol–water partition coefficient (Wildman–Crippen LogP) is 3.24. The maximum atomic E-state index is 12.6. The van der Waals surface area contributed by atoms with Crippen molar-refractivity contribution in [1.29, 1.82) is 0 Å². The Kier molecular flexibility index (Phi) is 5.55. The molecule has 0 atom stereocenters. The number of para-hydroxylation sites is 1. The lowest BCUT2D eigenvalue weighted by Gasteiger charge is -2.29. The first-order chi connectivity index (χ1) is 14.1. The number of hydrogen-bond acceptors (Lipinski definition) is 6. The second-order valence-electron chi connectivity index (χ2n) is 7.72. The predicted molar refractivity (Wildman–Crippen MR) is 115 cm³/mol. The van der Waals surface area contributed by atoms with E-state index in [1.54, 1.807) is 12.4 Å². The smallest absolute Gasteiger partial charge is 0.253 e. The average Bonchev–Trinajstić information content (AvgIpc) is 2.75. The molecule has 2 aromatic heterocycles. The zero-order chi connectivity index (χ0) is 20.2. The monoisotopic (exact) mass is 390 g/mol. The number of benzene rings is 1. The number of nitrogens with one attached hydrogen (secondary N) is 2. The van der Waals surface area contributed by atoms with E-state index in [0.717, 1.165) is 42.4 Å². The highest BCUT2D eigenvalue weighted by Crippen LogP contribution is 2.22. The maximum absolute atomic E-state index is 12.6. The molecule has 2 N–H and O–H groups in total. The fourth-order valence-electron chi connectivity index (χ4n) is 3.70. The van der Waals surface area contributed by atoms with Crippen molar-refractivity contribution >= 4 is 28.6 Å². The molecule has 0 aliphatic heterocycles. The molecule has 3 aromatic rings. The molecule has 0 unspecified atom stereocenters. The van der Waals surface area contributed by atoms with Crippen LogP contribution >= 0.6 is 0 Å². The summed E-state index contributed by atoms with van der Waals surface area (Å²) in [5.41, 5.74) is 1.51. The molecule has 0 spiro atoms. The third-order valence-corrected chi connectivity index (χ3v) is 5.35. The molecule has 29 heavy (non-hydrogen) atoms. The highest BCUT2D eigenvalue weighted by Gasteiger charge is 2.23. The van der Waals surface area contributed by atoms with Gasteiger partial charge < -0.3 is 15.5 Å². The summed E-state index contributed by atoms with van der Waals surface area (Å²) < 4.78 is 0. The van der Waals surface area contributed by atoms with Crippen molar-refractivity contribution < 1.29 is 4.79 Å². The van der Waals surface area contributed by atoms with Crippen LogP contribution in [0.2, 0.25) is 0 Å². The molecular formula is C22H26N6O. The molecule has 1 fully saturated rings. The van der Waals surface area contributed by atoms with Crippen molar-refractivity contribution in [2.24, 2.45) is 0 Å². The third kappa shape index (κ3) is 4.62. The summed E-state index contributed by atoms with van der Waals surface area (Å²) in [7, 11) is 3.93. The summed E-state index contributed by atoms with van der Waals surface area (Å²) >= 11 is 0. The molecule has 7 heteroatoms. The number of anilines is 2. The van der Waals surface area contributed by atoms with Gasteiger partial charge in [0.05, 0.1) is 11.1 Å². The first kappa shape index (κ1) is 19.1. The number of rotatable bonds is 5. The van der Waals surface area contributed by atoms with Gasteiger partial charge in [0, 0.05) is 44.0 Å². The summed E-state index contributed by atoms with van der Waals surface area (Å²) in [4.78, 5) is 27.8.